The van der Waals surface area contributed by atoms with Crippen molar-refractivity contribution in [2.75, 3.05) is 6.54 Å². The van der Waals surface area contributed by atoms with Gasteiger partial charge in [-0.25, -0.2) is 17.6 Å². The SMILES string of the molecule is CC(C)(C)OC(=O)N1CC[C@]2(S(=O)(=O)c3ccc(F)cc3)c3ccc(Br)cc3CC[C@H]12. The van der Waals surface area contributed by atoms with Crippen LogP contribution in [0.2, 0.25) is 0 Å². The molecule has 2 aromatic rings. The summed E-state index contributed by atoms with van der Waals surface area (Å²) in [5, 5.41) is 0. The second kappa shape index (κ2) is 7.59. The molecule has 0 spiro atoms. The lowest BCUT2D eigenvalue weighted by Gasteiger charge is -2.42. The Hall–Kier alpha value is -1.93. The van der Waals surface area contributed by atoms with Crippen LogP contribution in [0.5, 0.6) is 0 Å². The molecule has 0 unspecified atom stereocenters. The summed E-state index contributed by atoms with van der Waals surface area (Å²) in [7, 11) is -3.94. The minimum absolute atomic E-state index is 0.0562. The summed E-state index contributed by atoms with van der Waals surface area (Å²) in [6.07, 6.45) is 0.905. The smallest absolute Gasteiger partial charge is 0.410 e. The summed E-state index contributed by atoms with van der Waals surface area (Å²) >= 11 is 3.48. The molecule has 1 aliphatic carbocycles. The molecule has 0 bridgehead atoms. The van der Waals surface area contributed by atoms with Gasteiger partial charge in [-0.05, 0) is 87.6 Å². The van der Waals surface area contributed by atoms with E-state index >= 15 is 0 Å². The van der Waals surface area contributed by atoms with Crippen LogP contribution in [0.15, 0.2) is 51.8 Å². The Balaban J connectivity index is 1.88. The number of carbonyl (C=O) groups is 1. The summed E-state index contributed by atoms with van der Waals surface area (Å²) < 4.78 is 46.9. The first kappa shape index (κ1) is 22.3. The molecule has 5 nitrogen and oxygen atoms in total. The van der Waals surface area contributed by atoms with Gasteiger partial charge in [0.1, 0.15) is 16.2 Å². The molecule has 8 heteroatoms. The van der Waals surface area contributed by atoms with Crippen LogP contribution < -0.4 is 0 Å². The standard InChI is InChI=1S/C23H25BrFNO4S/c1-22(2,3)30-21(27)26-13-12-23(31(28,29)18-8-6-17(25)7-9-18)19-10-5-16(24)14-15(19)4-11-20(23)26/h5-10,14,20H,4,11-13H2,1-3H3/t20-,23-/m0/s1. The average Bonchev–Trinajstić information content (AvgIpc) is 3.08. The fourth-order valence-corrected chi connectivity index (χ4v) is 7.63. The van der Waals surface area contributed by atoms with Crippen LogP contribution in [-0.4, -0.2) is 37.6 Å². The molecule has 4 rings (SSSR count). The van der Waals surface area contributed by atoms with Crippen molar-refractivity contribution in [3.8, 4) is 0 Å². The zero-order valence-electron chi connectivity index (χ0n) is 17.7. The van der Waals surface area contributed by atoms with Crippen molar-refractivity contribution in [1.29, 1.82) is 0 Å². The Bertz CT molecular complexity index is 1130. The van der Waals surface area contributed by atoms with Gasteiger partial charge in [-0.1, -0.05) is 22.0 Å². The highest BCUT2D eigenvalue weighted by Gasteiger charge is 2.61. The number of aryl methyl sites for hydroxylation is 1. The predicted octanol–water partition coefficient (Wildman–Crippen LogP) is 5.21. The lowest BCUT2D eigenvalue weighted by atomic mass is 9.78. The third-order valence-corrected chi connectivity index (χ3v) is 9.12. The first-order chi connectivity index (χ1) is 14.5. The second-order valence-corrected chi connectivity index (χ2v) is 12.2. The zero-order valence-corrected chi connectivity index (χ0v) is 20.1. The van der Waals surface area contributed by atoms with Crippen LogP contribution in [0, 0.1) is 5.82 Å². The number of ether oxygens (including phenoxy) is 1. The van der Waals surface area contributed by atoms with Gasteiger partial charge in [-0.3, -0.25) is 0 Å². The van der Waals surface area contributed by atoms with Crippen molar-refractivity contribution in [1.82, 2.24) is 4.90 Å². The van der Waals surface area contributed by atoms with Crippen LogP contribution >= 0.6 is 15.9 Å². The number of hydrogen-bond donors (Lipinski definition) is 0. The lowest BCUT2D eigenvalue weighted by Crippen LogP contribution is -2.52. The zero-order chi connectivity index (χ0) is 22.6. The lowest BCUT2D eigenvalue weighted by molar-refractivity contribution is 0.0202. The van der Waals surface area contributed by atoms with Gasteiger partial charge in [0.05, 0.1) is 10.9 Å². The van der Waals surface area contributed by atoms with Crippen molar-refractivity contribution in [2.45, 2.75) is 61.3 Å². The van der Waals surface area contributed by atoms with Gasteiger partial charge in [-0.15, -0.1) is 0 Å². The number of sulfone groups is 1. The molecule has 0 radical (unpaired) electrons. The molecule has 2 aliphatic rings. The Kier molecular flexibility index (Phi) is 5.45. The van der Waals surface area contributed by atoms with Gasteiger partial charge < -0.3 is 9.64 Å². The van der Waals surface area contributed by atoms with Crippen molar-refractivity contribution < 1.29 is 22.3 Å². The molecule has 1 aliphatic heterocycles. The Labute approximate surface area is 190 Å². The van der Waals surface area contributed by atoms with Gasteiger partial charge >= 0.3 is 6.09 Å². The van der Waals surface area contributed by atoms with E-state index in [4.69, 9.17) is 4.74 Å². The maximum Gasteiger partial charge on any atom is 0.410 e. The fraction of sp³-hybridized carbons (Fsp3) is 0.435. The molecule has 1 fully saturated rings. The van der Waals surface area contributed by atoms with Crippen molar-refractivity contribution in [3.05, 3.63) is 63.9 Å². The van der Waals surface area contributed by atoms with Crippen LogP contribution in [-0.2, 0) is 25.7 Å². The van der Waals surface area contributed by atoms with Gasteiger partial charge in [0.25, 0.3) is 0 Å². The van der Waals surface area contributed by atoms with Crippen LogP contribution in [0.25, 0.3) is 0 Å². The number of likely N-dealkylation sites (tertiary alicyclic amines) is 1. The number of nitrogens with zero attached hydrogens (tertiary/aromatic N) is 1. The highest BCUT2D eigenvalue weighted by Crippen LogP contribution is 2.53. The molecule has 0 saturated carbocycles. The van der Waals surface area contributed by atoms with Crippen molar-refractivity contribution >= 4 is 31.9 Å². The first-order valence-electron chi connectivity index (χ1n) is 10.2. The van der Waals surface area contributed by atoms with E-state index < -0.39 is 38.1 Å². The topological polar surface area (TPSA) is 63.7 Å². The Morgan fingerprint density at radius 1 is 1.19 bits per heavy atom. The summed E-state index contributed by atoms with van der Waals surface area (Å²) in [6.45, 7) is 5.64. The Morgan fingerprint density at radius 2 is 1.87 bits per heavy atom. The molecule has 166 valence electrons. The van der Waals surface area contributed by atoms with Crippen molar-refractivity contribution in [3.63, 3.8) is 0 Å². The number of carbonyl (C=O) groups excluding carboxylic acids is 1. The van der Waals surface area contributed by atoms with Crippen LogP contribution in [0.1, 0.15) is 44.7 Å². The van der Waals surface area contributed by atoms with Gasteiger partial charge in [0.15, 0.2) is 9.84 Å². The summed E-state index contributed by atoms with van der Waals surface area (Å²) in [5.41, 5.74) is 0.972. The third kappa shape index (κ3) is 3.67. The normalized spacial score (nSPS) is 23.3. The van der Waals surface area contributed by atoms with Crippen LogP contribution in [0.4, 0.5) is 9.18 Å². The maximum absolute atomic E-state index is 14.1. The molecule has 0 aromatic heterocycles. The molecular weight excluding hydrogens is 485 g/mol. The molecule has 1 amide bonds. The first-order valence-corrected chi connectivity index (χ1v) is 12.5. The summed E-state index contributed by atoms with van der Waals surface area (Å²) in [6, 6.07) is 9.98. The quantitative estimate of drug-likeness (QED) is 0.521. The fourth-order valence-electron chi connectivity index (χ4n) is 4.86. The molecule has 1 saturated heterocycles. The van der Waals surface area contributed by atoms with Crippen LogP contribution in [0.3, 0.4) is 0 Å². The number of amides is 1. The number of benzene rings is 2. The number of rotatable bonds is 2. The molecule has 1 heterocycles. The van der Waals surface area contributed by atoms with E-state index in [1.165, 1.54) is 12.1 Å². The minimum atomic E-state index is -3.94. The monoisotopic (exact) mass is 509 g/mol. The number of hydrogen-bond acceptors (Lipinski definition) is 4. The predicted molar refractivity (Wildman–Crippen MR) is 119 cm³/mol. The highest BCUT2D eigenvalue weighted by molar-refractivity contribution is 9.10. The minimum Gasteiger partial charge on any atom is -0.444 e. The third-order valence-electron chi connectivity index (χ3n) is 6.08. The van der Waals surface area contributed by atoms with E-state index in [2.05, 4.69) is 15.9 Å². The van der Waals surface area contributed by atoms with E-state index in [9.17, 15) is 17.6 Å². The summed E-state index contributed by atoms with van der Waals surface area (Å²) in [4.78, 5) is 14.6. The van der Waals surface area contributed by atoms with E-state index in [-0.39, 0.29) is 17.9 Å². The van der Waals surface area contributed by atoms with Gasteiger partial charge in [0, 0.05) is 11.0 Å². The molecule has 31 heavy (non-hydrogen) atoms. The van der Waals surface area contributed by atoms with E-state index in [0.29, 0.717) is 18.4 Å². The molecular formula is C23H25BrFNO4S. The average molecular weight is 510 g/mol. The largest absolute Gasteiger partial charge is 0.444 e. The van der Waals surface area contributed by atoms with Gasteiger partial charge in [0.2, 0.25) is 0 Å². The second-order valence-electron chi connectivity index (χ2n) is 9.13. The molecule has 0 N–H and O–H groups in total. The number of halogens is 2. The van der Waals surface area contributed by atoms with E-state index in [0.717, 1.165) is 22.2 Å². The van der Waals surface area contributed by atoms with Crippen molar-refractivity contribution in [2.24, 2.45) is 0 Å². The van der Waals surface area contributed by atoms with Gasteiger partial charge in [-0.2, -0.15) is 0 Å². The molecule has 2 aromatic carbocycles. The molecule has 2 atom stereocenters. The maximum atomic E-state index is 14.1. The van der Waals surface area contributed by atoms with E-state index in [1.807, 2.05) is 18.2 Å². The van der Waals surface area contributed by atoms with E-state index in [1.54, 1.807) is 25.7 Å². The Morgan fingerprint density at radius 3 is 2.52 bits per heavy atom. The highest BCUT2D eigenvalue weighted by atomic mass is 79.9. The number of fused-ring (bicyclic) bond motifs is 3. The summed E-state index contributed by atoms with van der Waals surface area (Å²) in [5.74, 6) is -0.497.